The maximum Gasteiger partial charge on any atom is 0.258 e. The Kier molecular flexibility index (Phi) is 4.58. The molecule has 0 radical (unpaired) electrons. The highest BCUT2D eigenvalue weighted by molar-refractivity contribution is 9.10. The fraction of sp³-hybridized carbons (Fsp3) is 0.261. The van der Waals surface area contributed by atoms with Crippen LogP contribution in [-0.2, 0) is 0 Å². The molecule has 2 heterocycles. The van der Waals surface area contributed by atoms with Crippen molar-refractivity contribution < 1.29 is 9.53 Å². The lowest BCUT2D eigenvalue weighted by Crippen LogP contribution is -2.45. The van der Waals surface area contributed by atoms with Crippen LogP contribution in [0.5, 0.6) is 5.75 Å². The average molecular weight is 439 g/mol. The molecule has 1 atom stereocenters. The SMILES string of the molecule is COc1ccc(C(=O)N2c3cc(Br)ccc3-n3cccc3C2C(C)(C)C)cc1. The standard InChI is InChI=1S/C23H23BrN2O2/c1-23(2,3)21-19-6-5-13-25(19)18-12-9-16(24)14-20(18)26(21)22(27)15-7-10-17(28-4)11-8-15/h5-14,21H,1-4H3. The lowest BCUT2D eigenvalue weighted by Gasteiger charge is -2.44. The van der Waals surface area contributed by atoms with E-state index >= 15 is 0 Å². The average Bonchev–Trinajstić information content (AvgIpc) is 3.14. The van der Waals surface area contributed by atoms with E-state index in [0.717, 1.165) is 27.3 Å². The quantitative estimate of drug-likeness (QED) is 0.491. The number of aromatic nitrogens is 1. The summed E-state index contributed by atoms with van der Waals surface area (Å²) in [6.45, 7) is 6.52. The van der Waals surface area contributed by atoms with Crippen molar-refractivity contribution >= 4 is 27.5 Å². The summed E-state index contributed by atoms with van der Waals surface area (Å²) in [4.78, 5) is 15.7. The second-order valence-corrected chi connectivity index (χ2v) is 9.02. The Morgan fingerprint density at radius 2 is 1.75 bits per heavy atom. The normalized spacial score (nSPS) is 15.8. The van der Waals surface area contributed by atoms with Crippen molar-refractivity contribution in [2.75, 3.05) is 12.0 Å². The Labute approximate surface area is 173 Å². The Morgan fingerprint density at radius 3 is 2.39 bits per heavy atom. The summed E-state index contributed by atoms with van der Waals surface area (Å²) in [7, 11) is 1.62. The Balaban J connectivity index is 1.92. The van der Waals surface area contributed by atoms with Gasteiger partial charge < -0.3 is 9.30 Å². The van der Waals surface area contributed by atoms with Crippen LogP contribution in [0.2, 0.25) is 0 Å². The minimum absolute atomic E-state index is 0.0191. The zero-order valence-electron chi connectivity index (χ0n) is 16.4. The minimum atomic E-state index is -0.155. The van der Waals surface area contributed by atoms with E-state index in [2.05, 4.69) is 59.6 Å². The number of carbonyl (C=O) groups is 1. The zero-order valence-corrected chi connectivity index (χ0v) is 18.0. The van der Waals surface area contributed by atoms with E-state index in [4.69, 9.17) is 4.74 Å². The predicted octanol–water partition coefficient (Wildman–Crippen LogP) is 6.00. The molecule has 5 heteroatoms. The van der Waals surface area contributed by atoms with Crippen molar-refractivity contribution in [2.24, 2.45) is 5.41 Å². The molecule has 4 rings (SSSR count). The third-order valence-electron chi connectivity index (χ3n) is 5.15. The molecule has 4 nitrogen and oxygen atoms in total. The first-order valence-corrected chi connectivity index (χ1v) is 10.1. The molecule has 28 heavy (non-hydrogen) atoms. The van der Waals surface area contributed by atoms with E-state index in [1.807, 2.05) is 47.4 Å². The molecule has 144 valence electrons. The van der Waals surface area contributed by atoms with E-state index in [0.29, 0.717) is 5.56 Å². The summed E-state index contributed by atoms with van der Waals surface area (Å²) in [5.41, 5.74) is 3.51. The molecule has 0 fully saturated rings. The summed E-state index contributed by atoms with van der Waals surface area (Å²) >= 11 is 3.58. The van der Waals surface area contributed by atoms with Gasteiger partial charge in [0.2, 0.25) is 0 Å². The third kappa shape index (κ3) is 3.04. The van der Waals surface area contributed by atoms with Gasteiger partial charge in [-0.3, -0.25) is 9.69 Å². The van der Waals surface area contributed by atoms with E-state index in [-0.39, 0.29) is 17.4 Å². The number of ether oxygens (including phenoxy) is 1. The highest BCUT2D eigenvalue weighted by Crippen LogP contribution is 2.48. The number of anilines is 1. The molecule has 1 aliphatic heterocycles. The topological polar surface area (TPSA) is 34.5 Å². The van der Waals surface area contributed by atoms with Gasteiger partial charge in [0.15, 0.2) is 0 Å². The summed E-state index contributed by atoms with van der Waals surface area (Å²) in [5.74, 6) is 0.717. The van der Waals surface area contributed by atoms with Crippen LogP contribution < -0.4 is 9.64 Å². The van der Waals surface area contributed by atoms with Crippen molar-refractivity contribution in [2.45, 2.75) is 26.8 Å². The number of benzene rings is 2. The maximum atomic E-state index is 13.7. The second kappa shape index (κ2) is 6.82. The van der Waals surface area contributed by atoms with Crippen LogP contribution in [0, 0.1) is 5.41 Å². The van der Waals surface area contributed by atoms with E-state index < -0.39 is 0 Å². The largest absolute Gasteiger partial charge is 0.497 e. The first-order valence-electron chi connectivity index (χ1n) is 9.26. The van der Waals surface area contributed by atoms with E-state index in [9.17, 15) is 4.79 Å². The van der Waals surface area contributed by atoms with Gasteiger partial charge in [-0.05, 0) is 60.0 Å². The molecule has 3 aromatic rings. The van der Waals surface area contributed by atoms with Crippen molar-refractivity contribution in [3.63, 3.8) is 0 Å². The Bertz CT molecular complexity index is 1030. The Hall–Kier alpha value is -2.53. The third-order valence-corrected chi connectivity index (χ3v) is 5.64. The van der Waals surface area contributed by atoms with Crippen LogP contribution >= 0.6 is 15.9 Å². The fourth-order valence-corrected chi connectivity index (χ4v) is 4.28. The van der Waals surface area contributed by atoms with Crippen LogP contribution in [0.4, 0.5) is 5.69 Å². The first kappa shape index (κ1) is 18.8. The molecule has 0 bridgehead atoms. The van der Waals surface area contributed by atoms with Crippen LogP contribution in [0.25, 0.3) is 5.69 Å². The number of carbonyl (C=O) groups excluding carboxylic acids is 1. The summed E-state index contributed by atoms with van der Waals surface area (Å²) in [5, 5.41) is 0. The Morgan fingerprint density at radius 1 is 1.04 bits per heavy atom. The highest BCUT2D eigenvalue weighted by Gasteiger charge is 2.42. The molecule has 1 unspecified atom stereocenters. The molecular weight excluding hydrogens is 416 g/mol. The van der Waals surface area contributed by atoms with Gasteiger partial charge in [0.1, 0.15) is 5.75 Å². The van der Waals surface area contributed by atoms with Crippen molar-refractivity contribution in [3.05, 3.63) is 76.5 Å². The van der Waals surface area contributed by atoms with Crippen molar-refractivity contribution in [3.8, 4) is 11.4 Å². The summed E-state index contributed by atoms with van der Waals surface area (Å²) in [6, 6.07) is 17.4. The smallest absolute Gasteiger partial charge is 0.258 e. The van der Waals surface area contributed by atoms with Crippen LogP contribution in [-0.4, -0.2) is 17.6 Å². The number of amides is 1. The minimum Gasteiger partial charge on any atom is -0.497 e. The lowest BCUT2D eigenvalue weighted by molar-refractivity contribution is 0.0950. The number of fused-ring (bicyclic) bond motifs is 3. The number of nitrogens with zero attached hydrogens (tertiary/aromatic N) is 2. The van der Waals surface area contributed by atoms with Crippen molar-refractivity contribution in [1.29, 1.82) is 0 Å². The molecular formula is C23H23BrN2O2. The van der Waals surface area contributed by atoms with Crippen LogP contribution in [0.1, 0.15) is 42.9 Å². The molecule has 1 aliphatic rings. The molecule has 0 saturated heterocycles. The van der Waals surface area contributed by atoms with Gasteiger partial charge in [0.05, 0.1) is 24.5 Å². The number of methoxy groups -OCH3 is 1. The number of rotatable bonds is 2. The lowest BCUT2D eigenvalue weighted by atomic mass is 9.81. The molecule has 0 spiro atoms. The molecule has 1 amide bonds. The van der Waals surface area contributed by atoms with Crippen LogP contribution in [0.15, 0.2) is 65.3 Å². The van der Waals surface area contributed by atoms with E-state index in [1.165, 1.54) is 0 Å². The van der Waals surface area contributed by atoms with Gasteiger partial charge in [-0.25, -0.2) is 0 Å². The van der Waals surface area contributed by atoms with Gasteiger partial charge in [-0.15, -0.1) is 0 Å². The summed E-state index contributed by atoms with van der Waals surface area (Å²) < 4.78 is 8.38. The highest BCUT2D eigenvalue weighted by atomic mass is 79.9. The maximum absolute atomic E-state index is 13.7. The fourth-order valence-electron chi connectivity index (χ4n) is 3.93. The number of hydrogen-bond acceptors (Lipinski definition) is 2. The zero-order chi connectivity index (χ0) is 20.1. The molecule has 1 aromatic heterocycles. The molecule has 0 aliphatic carbocycles. The molecule has 2 aromatic carbocycles. The molecule has 0 saturated carbocycles. The molecule has 0 N–H and O–H groups in total. The van der Waals surface area contributed by atoms with E-state index in [1.54, 1.807) is 7.11 Å². The number of halogens is 1. The number of hydrogen-bond donors (Lipinski definition) is 0. The summed E-state index contributed by atoms with van der Waals surface area (Å²) in [6.07, 6.45) is 2.07. The van der Waals surface area contributed by atoms with Crippen molar-refractivity contribution in [1.82, 2.24) is 4.57 Å². The van der Waals surface area contributed by atoms with Gasteiger partial charge in [0, 0.05) is 21.9 Å². The first-order chi connectivity index (χ1) is 13.3. The van der Waals surface area contributed by atoms with Gasteiger partial charge in [0.25, 0.3) is 5.91 Å². The second-order valence-electron chi connectivity index (χ2n) is 8.11. The van der Waals surface area contributed by atoms with Gasteiger partial charge >= 0.3 is 0 Å². The van der Waals surface area contributed by atoms with Gasteiger partial charge in [-0.2, -0.15) is 0 Å². The monoisotopic (exact) mass is 438 g/mol. The predicted molar refractivity (Wildman–Crippen MR) is 115 cm³/mol. The van der Waals surface area contributed by atoms with Crippen LogP contribution in [0.3, 0.4) is 0 Å². The van der Waals surface area contributed by atoms with Gasteiger partial charge in [-0.1, -0.05) is 36.7 Å².